The molecule has 9 heteroatoms. The van der Waals surface area contributed by atoms with Crippen molar-refractivity contribution < 1.29 is 28.6 Å². The van der Waals surface area contributed by atoms with Crippen molar-refractivity contribution in [3.8, 4) is 11.5 Å². The Balaban J connectivity index is 1.54. The fourth-order valence-corrected chi connectivity index (χ4v) is 4.96. The van der Waals surface area contributed by atoms with Gasteiger partial charge in [-0.2, -0.15) is 0 Å². The molecule has 3 aromatic rings. The fourth-order valence-electron chi connectivity index (χ4n) is 3.78. The Hall–Kier alpha value is -3.49. The first-order valence-electron chi connectivity index (χ1n) is 11.2. The molecule has 0 spiro atoms. The van der Waals surface area contributed by atoms with Gasteiger partial charge in [0.25, 0.3) is 11.1 Å². The molecule has 1 atom stereocenters. The molecule has 3 aromatic carbocycles. The second kappa shape index (κ2) is 11.1. The molecular formula is C27H24ClNO6S. The van der Waals surface area contributed by atoms with E-state index in [1.54, 1.807) is 19.1 Å². The van der Waals surface area contributed by atoms with E-state index in [0.717, 1.165) is 33.0 Å². The second-order valence-corrected chi connectivity index (χ2v) is 9.38. The van der Waals surface area contributed by atoms with Gasteiger partial charge in [-0.1, -0.05) is 48.0 Å². The molecule has 4 rings (SSSR count). The van der Waals surface area contributed by atoms with Crippen LogP contribution in [0.15, 0.2) is 59.5 Å². The number of hydrogen-bond donors (Lipinski definition) is 0. The van der Waals surface area contributed by atoms with Crippen molar-refractivity contribution in [2.45, 2.75) is 26.5 Å². The monoisotopic (exact) mass is 525 g/mol. The molecule has 186 valence electrons. The van der Waals surface area contributed by atoms with Crippen LogP contribution in [0.3, 0.4) is 0 Å². The van der Waals surface area contributed by atoms with Crippen molar-refractivity contribution in [3.05, 3.63) is 75.7 Å². The number of methoxy groups -OCH3 is 1. The second-order valence-electron chi connectivity index (χ2n) is 7.98. The predicted octanol–water partition coefficient (Wildman–Crippen LogP) is 6.07. The van der Waals surface area contributed by atoms with E-state index in [9.17, 15) is 14.4 Å². The lowest BCUT2D eigenvalue weighted by Crippen LogP contribution is -2.42. The fraction of sp³-hybridized carbons (Fsp3) is 0.222. The summed E-state index contributed by atoms with van der Waals surface area (Å²) in [6, 6.07) is 16.4. The largest absolute Gasteiger partial charge is 0.493 e. The SMILES string of the molecule is CCOC(=O)[C@@H](C)N1C(=O)S/C(=C/c2cc(Cl)c(OCc3ccc4ccccc4c3)c(OC)c2)C1=O. The Labute approximate surface area is 218 Å². The molecule has 0 bridgehead atoms. The van der Waals surface area contributed by atoms with Crippen LogP contribution in [0.25, 0.3) is 16.8 Å². The molecule has 0 radical (unpaired) electrons. The van der Waals surface area contributed by atoms with Gasteiger partial charge in [0.1, 0.15) is 12.6 Å². The first-order chi connectivity index (χ1) is 17.3. The summed E-state index contributed by atoms with van der Waals surface area (Å²) in [4.78, 5) is 38.4. The molecule has 1 fully saturated rings. The zero-order valence-corrected chi connectivity index (χ0v) is 21.5. The molecule has 0 aliphatic carbocycles. The highest BCUT2D eigenvalue weighted by atomic mass is 35.5. The lowest BCUT2D eigenvalue weighted by molar-refractivity contribution is -0.150. The maximum Gasteiger partial charge on any atom is 0.329 e. The van der Waals surface area contributed by atoms with E-state index in [1.165, 1.54) is 20.1 Å². The summed E-state index contributed by atoms with van der Waals surface area (Å²) in [6.45, 7) is 3.55. The average molecular weight is 526 g/mol. The maximum atomic E-state index is 12.8. The Morgan fingerprint density at radius 1 is 1.11 bits per heavy atom. The van der Waals surface area contributed by atoms with Crippen LogP contribution in [0, 0.1) is 0 Å². The minimum atomic E-state index is -1.02. The standard InChI is InChI=1S/C27H24ClNO6S/c1-4-34-26(31)16(2)29-25(30)23(36-27(29)32)14-18-12-21(28)24(22(13-18)33-3)35-15-17-9-10-19-7-5-6-8-20(19)11-17/h5-14,16H,4,15H2,1-3H3/b23-14+/t16-/m1/s1. The maximum absolute atomic E-state index is 12.8. The minimum absolute atomic E-state index is 0.156. The summed E-state index contributed by atoms with van der Waals surface area (Å²) in [5.41, 5.74) is 1.52. The van der Waals surface area contributed by atoms with E-state index < -0.39 is 23.2 Å². The molecule has 7 nitrogen and oxygen atoms in total. The lowest BCUT2D eigenvalue weighted by atomic mass is 10.1. The Morgan fingerprint density at radius 3 is 2.58 bits per heavy atom. The average Bonchev–Trinajstić information content (AvgIpc) is 3.14. The van der Waals surface area contributed by atoms with Crippen LogP contribution in [0.2, 0.25) is 5.02 Å². The number of amides is 2. The van der Waals surface area contributed by atoms with Gasteiger partial charge in [-0.15, -0.1) is 0 Å². The topological polar surface area (TPSA) is 82.1 Å². The Kier molecular flexibility index (Phi) is 7.86. The van der Waals surface area contributed by atoms with Crippen LogP contribution in [0.5, 0.6) is 11.5 Å². The van der Waals surface area contributed by atoms with Gasteiger partial charge in [-0.3, -0.25) is 14.5 Å². The molecule has 0 aromatic heterocycles. The number of esters is 1. The minimum Gasteiger partial charge on any atom is -0.493 e. The predicted molar refractivity (Wildman–Crippen MR) is 140 cm³/mol. The highest BCUT2D eigenvalue weighted by Gasteiger charge is 2.41. The summed E-state index contributed by atoms with van der Waals surface area (Å²) in [5, 5.41) is 2.00. The number of fused-ring (bicyclic) bond motifs is 1. The third-order valence-electron chi connectivity index (χ3n) is 5.59. The molecule has 1 saturated heterocycles. The smallest absolute Gasteiger partial charge is 0.329 e. The molecule has 1 aliphatic heterocycles. The number of rotatable bonds is 8. The van der Waals surface area contributed by atoms with Crippen LogP contribution in [-0.4, -0.2) is 41.8 Å². The first-order valence-corrected chi connectivity index (χ1v) is 12.4. The van der Waals surface area contributed by atoms with Gasteiger partial charge >= 0.3 is 5.97 Å². The molecule has 1 heterocycles. The summed E-state index contributed by atoms with van der Waals surface area (Å²) in [5.74, 6) is -0.460. The molecule has 36 heavy (non-hydrogen) atoms. The first kappa shape index (κ1) is 25.6. The van der Waals surface area contributed by atoms with Gasteiger partial charge in [0.05, 0.1) is 23.6 Å². The van der Waals surface area contributed by atoms with Gasteiger partial charge in [0, 0.05) is 0 Å². The zero-order chi connectivity index (χ0) is 25.8. The van der Waals surface area contributed by atoms with Crippen molar-refractivity contribution in [2.24, 2.45) is 0 Å². The normalized spacial score (nSPS) is 15.4. The Morgan fingerprint density at radius 2 is 1.86 bits per heavy atom. The van der Waals surface area contributed by atoms with Gasteiger partial charge in [-0.25, -0.2) is 4.79 Å². The van der Waals surface area contributed by atoms with Crippen molar-refractivity contribution in [1.29, 1.82) is 0 Å². The van der Waals surface area contributed by atoms with Crippen molar-refractivity contribution in [3.63, 3.8) is 0 Å². The van der Waals surface area contributed by atoms with Crippen LogP contribution in [0.4, 0.5) is 4.79 Å². The van der Waals surface area contributed by atoms with Crippen molar-refractivity contribution >= 4 is 57.3 Å². The van der Waals surface area contributed by atoms with E-state index in [4.69, 9.17) is 25.8 Å². The Bertz CT molecular complexity index is 1370. The third-order valence-corrected chi connectivity index (χ3v) is 6.75. The highest BCUT2D eigenvalue weighted by molar-refractivity contribution is 8.18. The van der Waals surface area contributed by atoms with Gasteiger partial charge in [-0.05, 0) is 71.8 Å². The number of nitrogens with zero attached hydrogens (tertiary/aromatic N) is 1. The van der Waals surface area contributed by atoms with Crippen LogP contribution < -0.4 is 9.47 Å². The van der Waals surface area contributed by atoms with E-state index in [2.05, 4.69) is 6.07 Å². The lowest BCUT2D eigenvalue weighted by Gasteiger charge is -2.19. The van der Waals surface area contributed by atoms with E-state index in [0.29, 0.717) is 22.1 Å². The summed E-state index contributed by atoms with van der Waals surface area (Å²) < 4.78 is 16.4. The number of hydrogen-bond acceptors (Lipinski definition) is 7. The number of ether oxygens (including phenoxy) is 3. The number of halogens is 1. The van der Waals surface area contributed by atoms with Crippen molar-refractivity contribution in [2.75, 3.05) is 13.7 Å². The van der Waals surface area contributed by atoms with E-state index in [-0.39, 0.29) is 18.1 Å². The quantitative estimate of drug-likeness (QED) is 0.261. The number of carbonyl (C=O) groups excluding carboxylic acids is 3. The van der Waals surface area contributed by atoms with E-state index >= 15 is 0 Å². The van der Waals surface area contributed by atoms with Crippen molar-refractivity contribution in [1.82, 2.24) is 4.90 Å². The number of benzene rings is 3. The highest BCUT2D eigenvalue weighted by Crippen LogP contribution is 2.39. The molecule has 1 aliphatic rings. The van der Waals surface area contributed by atoms with Gasteiger partial charge < -0.3 is 14.2 Å². The molecule has 0 unspecified atom stereocenters. The van der Waals surface area contributed by atoms with Gasteiger partial charge in [0.15, 0.2) is 11.5 Å². The van der Waals surface area contributed by atoms with Crippen LogP contribution >= 0.6 is 23.4 Å². The van der Waals surface area contributed by atoms with Gasteiger partial charge in [0.2, 0.25) is 0 Å². The van der Waals surface area contributed by atoms with E-state index in [1.807, 2.05) is 36.4 Å². The third kappa shape index (κ3) is 5.34. The van der Waals surface area contributed by atoms with Crippen LogP contribution in [0.1, 0.15) is 25.0 Å². The molecule has 0 saturated carbocycles. The molecular weight excluding hydrogens is 502 g/mol. The molecule has 2 amide bonds. The summed E-state index contributed by atoms with van der Waals surface area (Å²) in [7, 11) is 1.49. The van der Waals surface area contributed by atoms with Crippen LogP contribution in [-0.2, 0) is 20.9 Å². The number of thioether (sulfide) groups is 1. The zero-order valence-electron chi connectivity index (χ0n) is 19.9. The molecule has 0 N–H and O–H groups in total. The summed E-state index contributed by atoms with van der Waals surface area (Å²) >= 11 is 7.26. The number of carbonyl (C=O) groups is 3. The number of imide groups is 1. The summed E-state index contributed by atoms with van der Waals surface area (Å²) in [6.07, 6.45) is 1.53.